The highest BCUT2D eigenvalue weighted by Crippen LogP contribution is 2.31. The van der Waals surface area contributed by atoms with Crippen LogP contribution in [0.15, 0.2) is 29.2 Å². The van der Waals surface area contributed by atoms with Gasteiger partial charge in [-0.2, -0.15) is 4.31 Å². The van der Waals surface area contributed by atoms with Crippen molar-refractivity contribution in [3.05, 3.63) is 29.8 Å². The van der Waals surface area contributed by atoms with Crippen molar-refractivity contribution in [3.8, 4) is 0 Å². The lowest BCUT2D eigenvalue weighted by molar-refractivity contribution is 0.0214. The molecule has 3 atom stereocenters. The fourth-order valence-corrected chi connectivity index (χ4v) is 6.16. The molecule has 1 aromatic carbocycles. The van der Waals surface area contributed by atoms with Crippen LogP contribution in [0.4, 0.5) is 0 Å². The fraction of sp³-hybridized carbons (Fsp3) is 0.667. The Morgan fingerprint density at radius 2 is 1.62 bits per heavy atom. The topological polar surface area (TPSA) is 43.9 Å². The van der Waals surface area contributed by atoms with Crippen molar-refractivity contribution < 1.29 is 8.42 Å². The number of nitrogens with zero attached hydrogens (tertiary/aromatic N) is 3. The average Bonchev–Trinajstić information content (AvgIpc) is 3.10. The van der Waals surface area contributed by atoms with E-state index < -0.39 is 10.0 Å². The highest BCUT2D eigenvalue weighted by molar-refractivity contribution is 7.89. The Morgan fingerprint density at radius 3 is 2.33 bits per heavy atom. The Kier molecular flexibility index (Phi) is 4.41. The molecule has 5 nitrogen and oxygen atoms in total. The van der Waals surface area contributed by atoms with Gasteiger partial charge in [0.05, 0.1) is 10.9 Å². The molecule has 0 aromatic heterocycles. The summed E-state index contributed by atoms with van der Waals surface area (Å²) >= 11 is 0. The molecule has 1 aromatic rings. The summed E-state index contributed by atoms with van der Waals surface area (Å²) in [4.78, 5) is 5.40. The number of rotatable bonds is 3. The number of hydrogen-bond donors (Lipinski definition) is 0. The van der Waals surface area contributed by atoms with E-state index in [9.17, 15) is 8.42 Å². The molecule has 4 rings (SSSR count). The zero-order valence-corrected chi connectivity index (χ0v) is 15.2. The fourth-order valence-electron chi connectivity index (χ4n) is 4.52. The molecular formula is C18H27N3O2S. The van der Waals surface area contributed by atoms with Gasteiger partial charge in [0.15, 0.2) is 0 Å². The van der Waals surface area contributed by atoms with Crippen molar-refractivity contribution in [3.63, 3.8) is 0 Å². The lowest BCUT2D eigenvalue weighted by Crippen LogP contribution is -2.66. The normalized spacial score (nSPS) is 32.1. The third kappa shape index (κ3) is 2.90. The van der Waals surface area contributed by atoms with E-state index in [0.29, 0.717) is 17.5 Å². The minimum Gasteiger partial charge on any atom is -0.300 e. The van der Waals surface area contributed by atoms with Gasteiger partial charge < -0.3 is 4.90 Å². The van der Waals surface area contributed by atoms with Crippen LogP contribution in [-0.4, -0.2) is 73.9 Å². The Bertz CT molecular complexity index is 683. The summed E-state index contributed by atoms with van der Waals surface area (Å²) in [6, 6.07) is 7.76. The summed E-state index contributed by atoms with van der Waals surface area (Å²) in [7, 11) is -3.41. The van der Waals surface area contributed by atoms with Crippen LogP contribution in [0.5, 0.6) is 0 Å². The second-order valence-electron chi connectivity index (χ2n) is 7.40. The van der Waals surface area contributed by atoms with E-state index >= 15 is 0 Å². The van der Waals surface area contributed by atoms with Gasteiger partial charge in [0.2, 0.25) is 10.0 Å². The molecule has 0 N–H and O–H groups in total. The van der Waals surface area contributed by atoms with Crippen LogP contribution in [0.3, 0.4) is 0 Å². The summed E-state index contributed by atoms with van der Waals surface area (Å²) in [6.45, 7) is 7.70. The van der Waals surface area contributed by atoms with Crippen molar-refractivity contribution in [2.45, 2.75) is 43.2 Å². The van der Waals surface area contributed by atoms with E-state index in [1.807, 2.05) is 19.1 Å². The van der Waals surface area contributed by atoms with Gasteiger partial charge in [-0.15, -0.1) is 0 Å². The van der Waals surface area contributed by atoms with Gasteiger partial charge >= 0.3 is 0 Å². The molecule has 3 heterocycles. The van der Waals surface area contributed by atoms with Crippen LogP contribution in [0.25, 0.3) is 0 Å². The molecule has 3 fully saturated rings. The largest absolute Gasteiger partial charge is 0.300 e. The molecule has 0 radical (unpaired) electrons. The van der Waals surface area contributed by atoms with E-state index in [-0.39, 0.29) is 6.04 Å². The van der Waals surface area contributed by atoms with Crippen LogP contribution in [0, 0.1) is 6.92 Å². The van der Waals surface area contributed by atoms with Crippen molar-refractivity contribution in [1.82, 2.24) is 14.1 Å². The quantitative estimate of drug-likeness (QED) is 0.830. The van der Waals surface area contributed by atoms with Crippen LogP contribution < -0.4 is 0 Å². The lowest BCUT2D eigenvalue weighted by Gasteiger charge is -2.50. The number of fused-ring (bicyclic) bond motifs is 2. The smallest absolute Gasteiger partial charge is 0.243 e. The summed E-state index contributed by atoms with van der Waals surface area (Å²) in [6.07, 6.45) is 3.58. The number of hydrogen-bond acceptors (Lipinski definition) is 4. The van der Waals surface area contributed by atoms with Crippen molar-refractivity contribution >= 4 is 10.0 Å². The predicted octanol–water partition coefficient (Wildman–Crippen LogP) is 1.54. The van der Waals surface area contributed by atoms with Gasteiger partial charge in [-0.3, -0.25) is 4.90 Å². The van der Waals surface area contributed by atoms with E-state index in [2.05, 4.69) is 9.80 Å². The first kappa shape index (κ1) is 16.5. The molecule has 3 saturated heterocycles. The van der Waals surface area contributed by atoms with Gasteiger partial charge in [0, 0.05) is 25.7 Å². The van der Waals surface area contributed by atoms with Crippen LogP contribution in [-0.2, 0) is 10.0 Å². The highest BCUT2D eigenvalue weighted by Gasteiger charge is 2.45. The average molecular weight is 350 g/mol. The minimum atomic E-state index is -3.41. The predicted molar refractivity (Wildman–Crippen MR) is 94.5 cm³/mol. The van der Waals surface area contributed by atoms with E-state index in [0.717, 1.165) is 44.7 Å². The van der Waals surface area contributed by atoms with Crippen molar-refractivity contribution in [1.29, 1.82) is 0 Å². The number of likely N-dealkylation sites (tertiary alicyclic amines) is 1. The standard InChI is InChI=1S/C18H27N3O2S/c1-15-4-6-16(7-5-15)24(22,23)21-13-12-19-11-8-17(18(21)14-19)20-9-2-3-10-20/h4-7,17-18H,2-3,8-14H2,1H3/t17-,18+/m1/s1. The monoisotopic (exact) mass is 349 g/mol. The molecule has 2 bridgehead atoms. The number of piperazine rings is 1. The molecule has 1 unspecified atom stereocenters. The van der Waals surface area contributed by atoms with Crippen LogP contribution in [0.2, 0.25) is 0 Å². The Balaban J connectivity index is 1.64. The zero-order valence-electron chi connectivity index (χ0n) is 14.4. The van der Waals surface area contributed by atoms with Gasteiger partial charge in [-0.1, -0.05) is 17.7 Å². The number of aryl methyl sites for hydroxylation is 1. The number of piperidine rings is 1. The molecule has 3 aliphatic heterocycles. The maximum Gasteiger partial charge on any atom is 0.243 e. The molecule has 0 saturated carbocycles. The van der Waals surface area contributed by atoms with Gasteiger partial charge in [-0.05, 0) is 58.0 Å². The highest BCUT2D eigenvalue weighted by atomic mass is 32.2. The summed E-state index contributed by atoms with van der Waals surface area (Å²) in [5.41, 5.74) is 1.09. The SMILES string of the molecule is Cc1ccc(S(=O)(=O)N2CCN3CC[C@@H](N4CCCC4)[C@@H]2C3)cc1. The number of sulfonamides is 1. The van der Waals surface area contributed by atoms with Crippen molar-refractivity contribution in [2.75, 3.05) is 39.3 Å². The molecule has 0 spiro atoms. The first-order valence-electron chi connectivity index (χ1n) is 9.10. The summed E-state index contributed by atoms with van der Waals surface area (Å²) in [5, 5.41) is 0. The van der Waals surface area contributed by atoms with Gasteiger partial charge in [0.25, 0.3) is 0 Å². The van der Waals surface area contributed by atoms with E-state index in [1.54, 1.807) is 16.4 Å². The Hall–Kier alpha value is -0.950. The molecule has 3 aliphatic rings. The van der Waals surface area contributed by atoms with Crippen LogP contribution in [0.1, 0.15) is 24.8 Å². The van der Waals surface area contributed by atoms with E-state index in [1.165, 1.54) is 12.8 Å². The maximum absolute atomic E-state index is 13.2. The molecule has 0 amide bonds. The number of benzene rings is 1. The molecule has 6 heteroatoms. The zero-order chi connectivity index (χ0) is 16.7. The molecular weight excluding hydrogens is 322 g/mol. The third-order valence-corrected chi connectivity index (χ3v) is 7.81. The summed E-state index contributed by atoms with van der Waals surface area (Å²) < 4.78 is 28.3. The minimum absolute atomic E-state index is 0.0944. The van der Waals surface area contributed by atoms with E-state index in [4.69, 9.17) is 0 Å². The van der Waals surface area contributed by atoms with Gasteiger partial charge in [-0.25, -0.2) is 8.42 Å². The molecule has 132 valence electrons. The first-order chi connectivity index (χ1) is 11.6. The maximum atomic E-state index is 13.2. The lowest BCUT2D eigenvalue weighted by atomic mass is 9.96. The first-order valence-corrected chi connectivity index (χ1v) is 10.5. The summed E-state index contributed by atoms with van der Waals surface area (Å²) in [5.74, 6) is 0. The Morgan fingerprint density at radius 1 is 0.917 bits per heavy atom. The van der Waals surface area contributed by atoms with Crippen LogP contribution >= 0.6 is 0 Å². The van der Waals surface area contributed by atoms with Crippen molar-refractivity contribution in [2.24, 2.45) is 0 Å². The molecule has 0 aliphatic carbocycles. The van der Waals surface area contributed by atoms with Gasteiger partial charge in [0.1, 0.15) is 0 Å². The Labute approximate surface area is 145 Å². The second kappa shape index (κ2) is 6.41. The third-order valence-electron chi connectivity index (χ3n) is 5.87. The molecule has 24 heavy (non-hydrogen) atoms. The second-order valence-corrected chi connectivity index (χ2v) is 9.29.